The summed E-state index contributed by atoms with van der Waals surface area (Å²) >= 11 is 0. The van der Waals surface area contributed by atoms with Crippen molar-refractivity contribution in [1.82, 2.24) is 0 Å². The maximum atomic E-state index is 12.1. The van der Waals surface area contributed by atoms with Crippen molar-refractivity contribution in [2.24, 2.45) is 0 Å². The Bertz CT molecular complexity index is 787. The number of carbonyl (C=O) groups is 1. The topological polar surface area (TPSA) is 94.1 Å². The number of nitrogens with zero attached hydrogens (tertiary/aromatic N) is 1. The zero-order valence-corrected chi connectivity index (χ0v) is 33.1. The summed E-state index contributed by atoms with van der Waals surface area (Å²) in [5.41, 5.74) is 0. The molecule has 48 heavy (non-hydrogen) atoms. The van der Waals surface area contributed by atoms with Gasteiger partial charge in [-0.1, -0.05) is 148 Å². The van der Waals surface area contributed by atoms with Crippen molar-refractivity contribution < 1.29 is 37.3 Å². The molecule has 0 aliphatic carbocycles. The van der Waals surface area contributed by atoms with Gasteiger partial charge >= 0.3 is 5.97 Å². The van der Waals surface area contributed by atoms with Crippen LogP contribution in [0.25, 0.3) is 0 Å². The molecule has 0 saturated heterocycles. The average molecular weight is 704 g/mol. The van der Waals surface area contributed by atoms with Crippen LogP contribution >= 0.6 is 7.82 Å². The van der Waals surface area contributed by atoms with Crippen LogP contribution in [0, 0.1) is 0 Å². The number of quaternary nitrogens is 1. The second-order valence-corrected chi connectivity index (χ2v) is 16.0. The van der Waals surface area contributed by atoms with Gasteiger partial charge in [0.1, 0.15) is 19.3 Å². The molecule has 0 heterocycles. The largest absolute Gasteiger partial charge is 0.756 e. The van der Waals surface area contributed by atoms with Gasteiger partial charge in [0, 0.05) is 13.0 Å². The number of ether oxygens (including phenoxy) is 2. The van der Waals surface area contributed by atoms with Crippen molar-refractivity contribution in [3.8, 4) is 0 Å². The predicted octanol–water partition coefficient (Wildman–Crippen LogP) is 10.5. The highest BCUT2D eigenvalue weighted by Gasteiger charge is 2.19. The molecule has 0 aromatic carbocycles. The van der Waals surface area contributed by atoms with Gasteiger partial charge in [0.2, 0.25) is 0 Å². The summed E-state index contributed by atoms with van der Waals surface area (Å²) in [6.07, 6.45) is 36.1. The molecule has 0 aromatic rings. The van der Waals surface area contributed by atoms with Crippen LogP contribution < -0.4 is 4.89 Å². The van der Waals surface area contributed by atoms with Gasteiger partial charge in [0.25, 0.3) is 7.82 Å². The predicted molar refractivity (Wildman–Crippen MR) is 199 cm³/mol. The molecule has 2 unspecified atom stereocenters. The summed E-state index contributed by atoms with van der Waals surface area (Å²) in [5.74, 6) is -0.419. The van der Waals surface area contributed by atoms with Crippen LogP contribution in [-0.2, 0) is 27.9 Å². The minimum atomic E-state index is -4.48. The van der Waals surface area contributed by atoms with Crippen LogP contribution in [0.1, 0.15) is 174 Å². The van der Waals surface area contributed by atoms with E-state index in [1.807, 2.05) is 21.1 Å². The monoisotopic (exact) mass is 704 g/mol. The Hall–Kier alpha value is -0.760. The maximum absolute atomic E-state index is 12.1. The number of phosphoric ester groups is 1. The number of unbranched alkanes of at least 4 members (excludes halogenated alkanes) is 22. The van der Waals surface area contributed by atoms with E-state index in [4.69, 9.17) is 18.5 Å². The molecule has 0 bridgehead atoms. The second kappa shape index (κ2) is 33.4. The molecule has 2 atom stereocenters. The normalized spacial score (nSPS) is 14.0. The van der Waals surface area contributed by atoms with Crippen LogP contribution in [0.4, 0.5) is 0 Å². The molecule has 0 saturated carbocycles. The first-order chi connectivity index (χ1) is 23.1. The van der Waals surface area contributed by atoms with Crippen LogP contribution in [-0.4, -0.2) is 70.7 Å². The van der Waals surface area contributed by atoms with Gasteiger partial charge < -0.3 is 27.9 Å². The lowest BCUT2D eigenvalue weighted by atomic mass is 10.0. The smallest absolute Gasteiger partial charge is 0.305 e. The lowest BCUT2D eigenvalue weighted by Gasteiger charge is -2.28. The van der Waals surface area contributed by atoms with Crippen molar-refractivity contribution in [3.63, 3.8) is 0 Å². The number of esters is 1. The first-order valence-electron chi connectivity index (χ1n) is 19.9. The fourth-order valence-electron chi connectivity index (χ4n) is 5.46. The van der Waals surface area contributed by atoms with Crippen molar-refractivity contribution in [1.29, 1.82) is 0 Å². The number of allylic oxidation sites excluding steroid dienone is 2. The van der Waals surface area contributed by atoms with E-state index in [0.717, 1.165) is 12.8 Å². The van der Waals surface area contributed by atoms with E-state index in [9.17, 15) is 14.3 Å². The first-order valence-corrected chi connectivity index (χ1v) is 21.4. The number of hydrogen-bond acceptors (Lipinski definition) is 7. The first kappa shape index (κ1) is 47.2. The molecule has 0 spiro atoms. The van der Waals surface area contributed by atoms with Crippen molar-refractivity contribution in [2.45, 2.75) is 180 Å². The number of carbonyl (C=O) groups excluding carboxylic acids is 1. The summed E-state index contributed by atoms with van der Waals surface area (Å²) < 4.78 is 33.5. The minimum absolute atomic E-state index is 0.0260. The molecule has 8 nitrogen and oxygen atoms in total. The van der Waals surface area contributed by atoms with Crippen LogP contribution in [0.15, 0.2) is 12.2 Å². The van der Waals surface area contributed by atoms with E-state index in [-0.39, 0.29) is 26.2 Å². The molecule has 0 rings (SSSR count). The third-order valence-electron chi connectivity index (χ3n) is 8.62. The van der Waals surface area contributed by atoms with Gasteiger partial charge in [-0.3, -0.25) is 9.36 Å². The van der Waals surface area contributed by atoms with E-state index in [1.165, 1.54) is 141 Å². The Labute approximate surface area is 297 Å². The molecule has 0 aromatic heterocycles. The fraction of sp³-hybridized carbons (Fsp3) is 0.923. The van der Waals surface area contributed by atoms with Crippen molar-refractivity contribution in [2.75, 3.05) is 54.1 Å². The highest BCUT2D eigenvalue weighted by Crippen LogP contribution is 2.38. The SMILES string of the molecule is CCCCCCCCCC/C=C\CCCCCCCCCCCCCCCCOCC(COP(=O)([O-])OCC[N+](C)(C)C)OC(=O)CC. The van der Waals surface area contributed by atoms with Crippen molar-refractivity contribution >= 4 is 13.8 Å². The summed E-state index contributed by atoms with van der Waals surface area (Å²) in [7, 11) is 1.35. The Morgan fingerprint density at radius 2 is 1.06 bits per heavy atom. The van der Waals surface area contributed by atoms with Crippen molar-refractivity contribution in [3.05, 3.63) is 12.2 Å². The number of rotatable bonds is 37. The summed E-state index contributed by atoms with van der Waals surface area (Å²) in [6, 6.07) is 0. The van der Waals surface area contributed by atoms with Crippen LogP contribution in [0.2, 0.25) is 0 Å². The van der Waals surface area contributed by atoms with Gasteiger partial charge in [0.05, 0.1) is 34.4 Å². The highest BCUT2D eigenvalue weighted by molar-refractivity contribution is 7.45. The second-order valence-electron chi connectivity index (χ2n) is 14.6. The zero-order chi connectivity index (χ0) is 35.6. The van der Waals surface area contributed by atoms with E-state index < -0.39 is 19.9 Å². The van der Waals surface area contributed by atoms with E-state index in [2.05, 4.69) is 19.1 Å². The maximum Gasteiger partial charge on any atom is 0.305 e. The standard InChI is InChI=1S/C39H78NO7P/c1-6-8-9-10-11-12-13-14-15-16-17-18-19-20-21-22-23-24-25-26-27-28-29-30-31-32-34-44-36-38(47-39(41)7-2)37-46-48(42,43)45-35-33-40(3,4)5/h16-17,38H,6-15,18-37H2,1-5H3/b17-16-. The molecule has 0 aliphatic rings. The van der Waals surface area contributed by atoms with Gasteiger partial charge in [0.15, 0.2) is 0 Å². The fourth-order valence-corrected chi connectivity index (χ4v) is 6.19. The Balaban J connectivity index is 3.59. The molecule has 0 fully saturated rings. The van der Waals surface area contributed by atoms with Crippen LogP contribution in [0.3, 0.4) is 0 Å². The molecule has 0 aliphatic heterocycles. The average Bonchev–Trinajstić information content (AvgIpc) is 3.04. The molecule has 286 valence electrons. The summed E-state index contributed by atoms with van der Waals surface area (Å²) in [5, 5.41) is 0. The summed E-state index contributed by atoms with van der Waals surface area (Å²) in [6.45, 7) is 4.85. The number of likely N-dealkylation sites (N-methyl/N-ethyl adjacent to an activating group) is 1. The third kappa shape index (κ3) is 36.5. The van der Waals surface area contributed by atoms with Gasteiger partial charge in [-0.25, -0.2) is 0 Å². The van der Waals surface area contributed by atoms with Gasteiger partial charge in [-0.05, 0) is 32.1 Å². The third-order valence-corrected chi connectivity index (χ3v) is 9.59. The van der Waals surface area contributed by atoms with E-state index >= 15 is 0 Å². The van der Waals surface area contributed by atoms with E-state index in [0.29, 0.717) is 17.6 Å². The Kier molecular flexibility index (Phi) is 32.9. The molecule has 0 radical (unpaired) electrons. The van der Waals surface area contributed by atoms with Crippen LogP contribution in [0.5, 0.6) is 0 Å². The minimum Gasteiger partial charge on any atom is -0.756 e. The molecule has 0 amide bonds. The lowest BCUT2D eigenvalue weighted by Crippen LogP contribution is -2.37. The van der Waals surface area contributed by atoms with Gasteiger partial charge in [-0.15, -0.1) is 0 Å². The molecule has 9 heteroatoms. The van der Waals surface area contributed by atoms with E-state index in [1.54, 1.807) is 6.92 Å². The molecular weight excluding hydrogens is 625 g/mol. The zero-order valence-electron chi connectivity index (χ0n) is 32.2. The Morgan fingerprint density at radius 3 is 1.50 bits per heavy atom. The quantitative estimate of drug-likeness (QED) is 0.0209. The summed E-state index contributed by atoms with van der Waals surface area (Å²) in [4.78, 5) is 23.8. The highest BCUT2D eigenvalue weighted by atomic mass is 31.2. The molecule has 0 N–H and O–H groups in total. The number of hydrogen-bond donors (Lipinski definition) is 0. The Morgan fingerprint density at radius 1 is 0.625 bits per heavy atom. The van der Waals surface area contributed by atoms with Gasteiger partial charge in [-0.2, -0.15) is 0 Å². The number of phosphoric acid groups is 1. The molecular formula is C39H78NO7P. The lowest BCUT2D eigenvalue weighted by molar-refractivity contribution is -0.870.